The molecule has 21 heavy (non-hydrogen) atoms. The molecule has 0 aliphatic carbocycles. The van der Waals surface area contributed by atoms with E-state index in [0.29, 0.717) is 17.5 Å². The molecule has 2 fully saturated rings. The summed E-state index contributed by atoms with van der Waals surface area (Å²) in [6.07, 6.45) is 1.93. The molecule has 2 aromatic heterocycles. The highest BCUT2D eigenvalue weighted by atomic mass is 32.1. The van der Waals surface area contributed by atoms with Crippen LogP contribution in [0, 0.1) is 6.92 Å². The summed E-state index contributed by atoms with van der Waals surface area (Å²) in [6, 6.07) is 2.28. The number of aryl methyl sites for hydroxylation is 1. The molecular formula is C13H15N5O2S. The van der Waals surface area contributed by atoms with Crippen molar-refractivity contribution in [3.8, 4) is 0 Å². The lowest BCUT2D eigenvalue weighted by Gasteiger charge is -2.24. The Labute approximate surface area is 125 Å². The Morgan fingerprint density at radius 3 is 2.95 bits per heavy atom. The normalized spacial score (nSPS) is 24.6. The van der Waals surface area contributed by atoms with Gasteiger partial charge in [0.1, 0.15) is 11.3 Å². The number of hydrogen-bond donors (Lipinski definition) is 0. The van der Waals surface area contributed by atoms with Crippen molar-refractivity contribution in [3.05, 3.63) is 23.0 Å². The number of likely N-dealkylation sites (tertiary alicyclic amines) is 1. The Hall–Kier alpha value is -1.96. The van der Waals surface area contributed by atoms with Crippen LogP contribution in [0.2, 0.25) is 0 Å². The van der Waals surface area contributed by atoms with Gasteiger partial charge in [-0.15, -0.1) is 10.2 Å². The molecule has 8 heteroatoms. The average molecular weight is 305 g/mol. The zero-order chi connectivity index (χ0) is 14.4. The van der Waals surface area contributed by atoms with Gasteiger partial charge in [0.2, 0.25) is 5.13 Å². The van der Waals surface area contributed by atoms with E-state index in [2.05, 4.69) is 20.3 Å². The molecule has 4 rings (SSSR count). The molecule has 4 heterocycles. The number of carbonyl (C=O) groups is 1. The van der Waals surface area contributed by atoms with Crippen LogP contribution in [0.15, 0.2) is 16.1 Å². The molecule has 0 bridgehead atoms. The van der Waals surface area contributed by atoms with Crippen LogP contribution >= 0.6 is 11.3 Å². The van der Waals surface area contributed by atoms with Gasteiger partial charge < -0.3 is 14.3 Å². The van der Waals surface area contributed by atoms with E-state index < -0.39 is 0 Å². The van der Waals surface area contributed by atoms with E-state index in [0.717, 1.165) is 31.1 Å². The first-order valence-corrected chi connectivity index (χ1v) is 7.89. The molecule has 0 aromatic carbocycles. The Balaban J connectivity index is 1.54. The van der Waals surface area contributed by atoms with Gasteiger partial charge in [-0.2, -0.15) is 0 Å². The Morgan fingerprint density at radius 2 is 2.24 bits per heavy atom. The molecule has 110 valence electrons. The third-order valence-electron chi connectivity index (χ3n) is 4.28. The lowest BCUT2D eigenvalue weighted by Crippen LogP contribution is -2.39. The minimum atomic E-state index is -0.0292. The first-order chi connectivity index (χ1) is 10.2. The van der Waals surface area contributed by atoms with Gasteiger partial charge in [-0.1, -0.05) is 16.5 Å². The standard InChI is InChI=1S/C13H15N5O2S/c1-8-6-9(16-20-8)12(19)17-4-2-11-10(17)3-5-18(11)13-15-14-7-21-13/h6-7,10-11H,2-5H2,1H3/t10-,11+/m1/s1. The number of aromatic nitrogens is 3. The van der Waals surface area contributed by atoms with Crippen LogP contribution in [0.3, 0.4) is 0 Å². The fraction of sp³-hybridized carbons (Fsp3) is 0.538. The van der Waals surface area contributed by atoms with E-state index in [-0.39, 0.29) is 11.9 Å². The van der Waals surface area contributed by atoms with Gasteiger partial charge in [-0.25, -0.2) is 0 Å². The highest BCUT2D eigenvalue weighted by Crippen LogP contribution is 2.36. The Morgan fingerprint density at radius 1 is 1.38 bits per heavy atom. The highest BCUT2D eigenvalue weighted by molar-refractivity contribution is 7.13. The SMILES string of the molecule is Cc1cc(C(=O)N2CC[C@H]3[C@H]2CCN3c2nncs2)no1. The fourth-order valence-corrected chi connectivity index (χ4v) is 4.03. The maximum atomic E-state index is 12.6. The summed E-state index contributed by atoms with van der Waals surface area (Å²) in [5, 5.41) is 12.9. The Kier molecular flexibility index (Phi) is 2.91. The third kappa shape index (κ3) is 2.01. The van der Waals surface area contributed by atoms with Crippen LogP contribution in [0.4, 0.5) is 5.13 Å². The molecule has 0 radical (unpaired) electrons. The molecule has 2 aliphatic rings. The molecular weight excluding hydrogens is 290 g/mol. The zero-order valence-corrected chi connectivity index (χ0v) is 12.4. The molecule has 7 nitrogen and oxygen atoms in total. The largest absolute Gasteiger partial charge is 0.361 e. The zero-order valence-electron chi connectivity index (χ0n) is 11.6. The molecule has 2 aromatic rings. The van der Waals surface area contributed by atoms with E-state index in [1.807, 2.05) is 4.90 Å². The maximum Gasteiger partial charge on any atom is 0.276 e. The number of amides is 1. The monoisotopic (exact) mass is 305 g/mol. The van der Waals surface area contributed by atoms with Crippen molar-refractivity contribution in [1.82, 2.24) is 20.3 Å². The van der Waals surface area contributed by atoms with E-state index in [9.17, 15) is 4.79 Å². The molecule has 2 atom stereocenters. The smallest absolute Gasteiger partial charge is 0.276 e. The molecule has 0 N–H and O–H groups in total. The summed E-state index contributed by atoms with van der Waals surface area (Å²) < 4.78 is 5.01. The fourth-order valence-electron chi connectivity index (χ4n) is 3.38. The van der Waals surface area contributed by atoms with Gasteiger partial charge in [-0.3, -0.25) is 4.79 Å². The number of anilines is 1. The lowest BCUT2D eigenvalue weighted by atomic mass is 10.1. The quantitative estimate of drug-likeness (QED) is 0.833. The minimum absolute atomic E-state index is 0.0292. The first kappa shape index (κ1) is 12.8. The summed E-state index contributed by atoms with van der Waals surface area (Å²) in [7, 11) is 0. The van der Waals surface area contributed by atoms with Crippen LogP contribution in [0.25, 0.3) is 0 Å². The van der Waals surface area contributed by atoms with Crippen LogP contribution in [-0.4, -0.2) is 51.3 Å². The van der Waals surface area contributed by atoms with Crippen molar-refractivity contribution in [3.63, 3.8) is 0 Å². The van der Waals surface area contributed by atoms with E-state index in [1.165, 1.54) is 0 Å². The summed E-state index contributed by atoms with van der Waals surface area (Å²) in [4.78, 5) is 16.8. The summed E-state index contributed by atoms with van der Waals surface area (Å²) in [6.45, 7) is 3.48. The van der Waals surface area contributed by atoms with Crippen molar-refractivity contribution >= 4 is 22.4 Å². The molecule has 2 saturated heterocycles. The van der Waals surface area contributed by atoms with Gasteiger partial charge in [0.15, 0.2) is 5.69 Å². The van der Waals surface area contributed by atoms with E-state index >= 15 is 0 Å². The minimum Gasteiger partial charge on any atom is -0.361 e. The van der Waals surface area contributed by atoms with Crippen molar-refractivity contribution in [2.45, 2.75) is 31.8 Å². The lowest BCUT2D eigenvalue weighted by molar-refractivity contribution is 0.0727. The van der Waals surface area contributed by atoms with Crippen LogP contribution in [-0.2, 0) is 0 Å². The second kappa shape index (κ2) is 4.80. The highest BCUT2D eigenvalue weighted by Gasteiger charge is 2.45. The van der Waals surface area contributed by atoms with Crippen molar-refractivity contribution in [2.75, 3.05) is 18.0 Å². The van der Waals surface area contributed by atoms with Crippen LogP contribution in [0.1, 0.15) is 29.1 Å². The topological polar surface area (TPSA) is 75.4 Å². The van der Waals surface area contributed by atoms with Gasteiger partial charge in [0.25, 0.3) is 5.91 Å². The molecule has 2 aliphatic heterocycles. The average Bonchev–Trinajstić information content (AvgIpc) is 3.22. The second-order valence-corrected chi connectivity index (χ2v) is 6.26. The molecule has 1 amide bonds. The van der Waals surface area contributed by atoms with Crippen molar-refractivity contribution < 1.29 is 9.32 Å². The first-order valence-electron chi connectivity index (χ1n) is 7.01. The number of carbonyl (C=O) groups excluding carboxylic acids is 1. The van der Waals surface area contributed by atoms with Gasteiger partial charge in [0.05, 0.1) is 12.1 Å². The summed E-state index contributed by atoms with van der Waals surface area (Å²) in [5.74, 6) is 0.634. The second-order valence-electron chi connectivity index (χ2n) is 5.45. The van der Waals surface area contributed by atoms with Gasteiger partial charge >= 0.3 is 0 Å². The third-order valence-corrected chi connectivity index (χ3v) is 5.01. The van der Waals surface area contributed by atoms with Gasteiger partial charge in [0, 0.05) is 19.2 Å². The number of nitrogens with zero attached hydrogens (tertiary/aromatic N) is 5. The predicted molar refractivity (Wildman–Crippen MR) is 76.3 cm³/mol. The molecule has 0 unspecified atom stereocenters. The Bertz CT molecular complexity index is 655. The van der Waals surface area contributed by atoms with Crippen molar-refractivity contribution in [2.24, 2.45) is 0 Å². The molecule has 0 saturated carbocycles. The number of hydrogen-bond acceptors (Lipinski definition) is 7. The van der Waals surface area contributed by atoms with Crippen LogP contribution < -0.4 is 4.90 Å². The predicted octanol–water partition coefficient (Wildman–Crippen LogP) is 1.33. The number of fused-ring (bicyclic) bond motifs is 1. The summed E-state index contributed by atoms with van der Waals surface area (Å²) >= 11 is 1.55. The van der Waals surface area contributed by atoms with E-state index in [1.54, 1.807) is 29.8 Å². The van der Waals surface area contributed by atoms with Crippen molar-refractivity contribution in [1.29, 1.82) is 0 Å². The maximum absolute atomic E-state index is 12.6. The molecule has 0 spiro atoms. The number of rotatable bonds is 2. The van der Waals surface area contributed by atoms with Gasteiger partial charge in [-0.05, 0) is 19.8 Å². The summed E-state index contributed by atoms with van der Waals surface area (Å²) in [5.41, 5.74) is 2.15. The van der Waals surface area contributed by atoms with Crippen LogP contribution in [0.5, 0.6) is 0 Å². The van der Waals surface area contributed by atoms with E-state index in [4.69, 9.17) is 4.52 Å².